The number of carbonyl (C=O) groups is 2. The van der Waals surface area contributed by atoms with Gasteiger partial charge < -0.3 is 14.4 Å². The number of carbonyl (C=O) groups excluding carboxylic acids is 2. The number of hydrogen-bond acceptors (Lipinski definition) is 5. The first-order valence-electron chi connectivity index (χ1n) is 9.92. The molecule has 0 aliphatic carbocycles. The number of ether oxygens (including phenoxy) is 2. The van der Waals surface area contributed by atoms with Gasteiger partial charge in [0, 0.05) is 32.1 Å². The van der Waals surface area contributed by atoms with Gasteiger partial charge in [-0.05, 0) is 5.56 Å². The van der Waals surface area contributed by atoms with Gasteiger partial charge >= 0.3 is 6.09 Å². The van der Waals surface area contributed by atoms with Gasteiger partial charge in [0.15, 0.2) is 0 Å². The second kappa shape index (κ2) is 8.75. The lowest BCUT2D eigenvalue weighted by Crippen LogP contribution is -2.48. The van der Waals surface area contributed by atoms with E-state index in [0.717, 1.165) is 13.1 Å². The van der Waals surface area contributed by atoms with Crippen LogP contribution in [0.1, 0.15) is 5.56 Å². The molecule has 0 saturated carbocycles. The molecule has 0 spiro atoms. The number of fused-ring (bicyclic) bond motifs is 3. The molecule has 3 aliphatic heterocycles. The molecule has 3 saturated heterocycles. The van der Waals surface area contributed by atoms with Crippen LogP contribution in [0.5, 0.6) is 0 Å². The Morgan fingerprint density at radius 1 is 1.14 bits per heavy atom. The van der Waals surface area contributed by atoms with Gasteiger partial charge in [-0.3, -0.25) is 14.6 Å². The van der Waals surface area contributed by atoms with Gasteiger partial charge in [0.25, 0.3) is 0 Å². The fourth-order valence-electron chi connectivity index (χ4n) is 4.08. The molecule has 1 aromatic rings. The normalized spacial score (nSPS) is 25.8. The van der Waals surface area contributed by atoms with Gasteiger partial charge in [0.2, 0.25) is 5.91 Å². The van der Waals surface area contributed by atoms with Crippen LogP contribution < -0.4 is 0 Å². The fourth-order valence-corrected chi connectivity index (χ4v) is 4.08. The van der Waals surface area contributed by atoms with Gasteiger partial charge in [-0.1, -0.05) is 42.5 Å². The number of benzene rings is 1. The van der Waals surface area contributed by atoms with Crippen LogP contribution in [0.25, 0.3) is 6.08 Å². The van der Waals surface area contributed by atoms with Gasteiger partial charge in [-0.15, -0.1) is 0 Å². The molecular weight excluding hydrogens is 358 g/mol. The number of amides is 2. The highest BCUT2D eigenvalue weighted by Gasteiger charge is 2.35. The summed E-state index contributed by atoms with van der Waals surface area (Å²) in [6, 6.07) is 10.4. The van der Waals surface area contributed by atoms with E-state index < -0.39 is 0 Å². The molecular formula is C21H27N3O4. The van der Waals surface area contributed by atoms with Crippen LogP contribution in [0.4, 0.5) is 4.79 Å². The Labute approximate surface area is 165 Å². The summed E-state index contributed by atoms with van der Waals surface area (Å²) >= 11 is 0. The molecule has 2 bridgehead atoms. The predicted molar refractivity (Wildman–Crippen MR) is 105 cm³/mol. The average molecular weight is 385 g/mol. The predicted octanol–water partition coefficient (Wildman–Crippen LogP) is 1.31. The number of cyclic esters (lactones) is 1. The van der Waals surface area contributed by atoms with Crippen molar-refractivity contribution in [1.82, 2.24) is 14.7 Å². The van der Waals surface area contributed by atoms with Crippen molar-refractivity contribution in [1.29, 1.82) is 0 Å². The first-order valence-corrected chi connectivity index (χ1v) is 9.92. The minimum absolute atomic E-state index is 0.00238. The van der Waals surface area contributed by atoms with Crippen LogP contribution in [0.2, 0.25) is 0 Å². The molecule has 7 heteroatoms. The highest BCUT2D eigenvalue weighted by molar-refractivity contribution is 5.83. The van der Waals surface area contributed by atoms with Crippen molar-refractivity contribution < 1.29 is 19.1 Å². The lowest BCUT2D eigenvalue weighted by Gasteiger charge is -2.31. The molecule has 0 aromatic heterocycles. The van der Waals surface area contributed by atoms with Crippen LogP contribution in [-0.2, 0) is 14.3 Å². The lowest BCUT2D eigenvalue weighted by molar-refractivity contribution is -0.133. The molecule has 4 rings (SSSR count). The summed E-state index contributed by atoms with van der Waals surface area (Å²) < 4.78 is 10.8. The van der Waals surface area contributed by atoms with Gasteiger partial charge in [0.1, 0.15) is 13.2 Å². The smallest absolute Gasteiger partial charge is 0.410 e. The fraction of sp³-hybridized carbons (Fsp3) is 0.524. The zero-order valence-corrected chi connectivity index (χ0v) is 16.0. The van der Waals surface area contributed by atoms with Crippen LogP contribution in [0, 0.1) is 5.92 Å². The molecule has 0 radical (unpaired) electrons. The third-order valence-corrected chi connectivity index (χ3v) is 5.56. The molecule has 0 unspecified atom stereocenters. The van der Waals surface area contributed by atoms with E-state index in [4.69, 9.17) is 9.47 Å². The Morgan fingerprint density at radius 2 is 2.00 bits per heavy atom. The van der Waals surface area contributed by atoms with E-state index in [-0.39, 0.29) is 30.5 Å². The lowest BCUT2D eigenvalue weighted by atomic mass is 10.1. The van der Waals surface area contributed by atoms with Crippen LogP contribution in [0.3, 0.4) is 0 Å². The summed E-state index contributed by atoms with van der Waals surface area (Å²) in [6.45, 7) is 5.33. The van der Waals surface area contributed by atoms with Crippen molar-refractivity contribution in [2.45, 2.75) is 6.04 Å². The molecule has 3 aliphatic rings. The summed E-state index contributed by atoms with van der Waals surface area (Å²) in [5.74, 6) is 0.282. The molecule has 2 amide bonds. The highest BCUT2D eigenvalue weighted by atomic mass is 16.6. The molecule has 7 nitrogen and oxygen atoms in total. The van der Waals surface area contributed by atoms with E-state index in [0.29, 0.717) is 39.5 Å². The van der Waals surface area contributed by atoms with E-state index in [1.54, 1.807) is 0 Å². The monoisotopic (exact) mass is 385 g/mol. The third kappa shape index (κ3) is 4.54. The van der Waals surface area contributed by atoms with E-state index >= 15 is 0 Å². The first kappa shape index (κ1) is 19.0. The topological polar surface area (TPSA) is 62.3 Å². The van der Waals surface area contributed by atoms with E-state index in [1.165, 1.54) is 10.5 Å². The summed E-state index contributed by atoms with van der Waals surface area (Å²) in [7, 11) is 0. The first-order chi connectivity index (χ1) is 13.7. The quantitative estimate of drug-likeness (QED) is 0.765. The second-order valence-corrected chi connectivity index (χ2v) is 7.66. The van der Waals surface area contributed by atoms with Crippen LogP contribution >= 0.6 is 0 Å². The van der Waals surface area contributed by atoms with Crippen LogP contribution in [0.15, 0.2) is 36.4 Å². The molecule has 0 N–H and O–H groups in total. The maximum atomic E-state index is 12.8. The van der Waals surface area contributed by atoms with Crippen molar-refractivity contribution in [3.05, 3.63) is 42.0 Å². The Balaban J connectivity index is 1.38. The number of rotatable bonds is 5. The third-order valence-electron chi connectivity index (χ3n) is 5.56. The molecule has 150 valence electrons. The zero-order chi connectivity index (χ0) is 19.3. The minimum atomic E-state index is -0.389. The Hall–Kier alpha value is -2.38. The summed E-state index contributed by atoms with van der Waals surface area (Å²) in [6.07, 6.45) is 3.93. The molecule has 28 heavy (non-hydrogen) atoms. The highest BCUT2D eigenvalue weighted by Crippen LogP contribution is 2.20. The summed E-state index contributed by atoms with van der Waals surface area (Å²) in [5, 5.41) is 0. The van der Waals surface area contributed by atoms with E-state index in [2.05, 4.69) is 29.2 Å². The second-order valence-electron chi connectivity index (χ2n) is 7.66. The minimum Gasteiger partial charge on any atom is -0.448 e. The zero-order valence-electron chi connectivity index (χ0n) is 16.0. The van der Waals surface area contributed by atoms with Gasteiger partial charge in [-0.25, -0.2) is 4.79 Å². The van der Waals surface area contributed by atoms with Crippen molar-refractivity contribution in [2.75, 3.05) is 59.1 Å². The SMILES string of the molecule is O=C(CN1CCOC1=O)N1C[C@@H]2COC[C@H](C1)N(C/C=C/c1ccccc1)C2. The molecule has 2 atom stereocenters. The summed E-state index contributed by atoms with van der Waals surface area (Å²) in [5.41, 5.74) is 1.19. The number of hydrogen-bond donors (Lipinski definition) is 0. The van der Waals surface area contributed by atoms with E-state index in [1.807, 2.05) is 23.1 Å². The molecule has 1 aromatic carbocycles. The number of nitrogens with zero attached hydrogens (tertiary/aromatic N) is 3. The van der Waals surface area contributed by atoms with Crippen molar-refractivity contribution in [3.63, 3.8) is 0 Å². The van der Waals surface area contributed by atoms with Crippen molar-refractivity contribution in [2.24, 2.45) is 5.92 Å². The van der Waals surface area contributed by atoms with Gasteiger partial charge in [-0.2, -0.15) is 0 Å². The Bertz CT molecular complexity index is 724. The molecule has 3 fully saturated rings. The van der Waals surface area contributed by atoms with Gasteiger partial charge in [0.05, 0.1) is 25.8 Å². The maximum absolute atomic E-state index is 12.8. The van der Waals surface area contributed by atoms with Crippen LogP contribution in [-0.4, -0.2) is 91.8 Å². The summed E-state index contributed by atoms with van der Waals surface area (Å²) in [4.78, 5) is 30.2. The largest absolute Gasteiger partial charge is 0.448 e. The molecule has 3 heterocycles. The Morgan fingerprint density at radius 3 is 2.79 bits per heavy atom. The maximum Gasteiger partial charge on any atom is 0.410 e. The average Bonchev–Trinajstić information content (AvgIpc) is 2.89. The Kier molecular flexibility index (Phi) is 5.92. The van der Waals surface area contributed by atoms with Crippen molar-refractivity contribution >= 4 is 18.1 Å². The van der Waals surface area contributed by atoms with Crippen molar-refractivity contribution in [3.8, 4) is 0 Å². The standard InChI is InChI=1S/C21H27N3O4/c25-20(14-23-9-10-28-21(23)26)24-12-18-11-22(19(13-24)16-27-15-18)8-4-7-17-5-2-1-3-6-17/h1-7,18-19H,8-16H2/b7-4+/t18-,19+/m1/s1. The van der Waals surface area contributed by atoms with E-state index in [9.17, 15) is 9.59 Å².